The van der Waals surface area contributed by atoms with E-state index in [1.54, 1.807) is 20.8 Å². The fourth-order valence-electron chi connectivity index (χ4n) is 1.19. The van der Waals surface area contributed by atoms with Gasteiger partial charge < -0.3 is 0 Å². The molecule has 2 nitrogen and oxygen atoms in total. The second-order valence-corrected chi connectivity index (χ2v) is 8.61. The summed E-state index contributed by atoms with van der Waals surface area (Å²) in [7, 11) is -3.26. The van der Waals surface area contributed by atoms with Gasteiger partial charge in [0.15, 0.2) is 9.84 Å². The first-order valence-electron chi connectivity index (χ1n) is 5.35. The van der Waals surface area contributed by atoms with Crippen LogP contribution < -0.4 is 0 Å². The summed E-state index contributed by atoms with van der Waals surface area (Å²) in [6, 6.07) is 9.72. The highest BCUT2D eigenvalue weighted by Crippen LogP contribution is 2.27. The lowest BCUT2D eigenvalue weighted by Crippen LogP contribution is -2.29. The van der Waals surface area contributed by atoms with Gasteiger partial charge >= 0.3 is 0 Å². The predicted octanol–water partition coefficient (Wildman–Crippen LogP) is 3.51. The van der Waals surface area contributed by atoms with Crippen molar-refractivity contribution >= 4 is 21.6 Å². The Bertz CT molecular complexity index is 482. The molecule has 94 valence electrons. The molecule has 0 heterocycles. The van der Waals surface area contributed by atoms with Gasteiger partial charge in [-0.3, -0.25) is 0 Å². The lowest BCUT2D eigenvalue weighted by Gasteiger charge is -2.20. The Morgan fingerprint density at radius 2 is 1.76 bits per heavy atom. The number of benzene rings is 1. The Hall–Kier alpha value is -0.740. The van der Waals surface area contributed by atoms with Gasteiger partial charge in [-0.25, -0.2) is 8.42 Å². The van der Waals surface area contributed by atoms with Crippen LogP contribution >= 0.6 is 11.8 Å². The molecule has 0 fully saturated rings. The Kier molecular flexibility index (Phi) is 4.44. The summed E-state index contributed by atoms with van der Waals surface area (Å²) in [5, 5.41) is 0. The Morgan fingerprint density at radius 3 is 2.24 bits per heavy atom. The van der Waals surface area contributed by atoms with Crippen LogP contribution in [0.25, 0.3) is 0 Å². The third-order valence-corrected chi connectivity index (χ3v) is 6.13. The molecule has 0 bridgehead atoms. The monoisotopic (exact) mass is 270 g/mol. The van der Waals surface area contributed by atoms with Crippen LogP contribution in [0.3, 0.4) is 0 Å². The summed E-state index contributed by atoms with van der Waals surface area (Å²) in [5.74, 6) is 0.406. The predicted molar refractivity (Wildman–Crippen MR) is 75.0 cm³/mol. The molecule has 0 amide bonds. The van der Waals surface area contributed by atoms with E-state index in [2.05, 4.69) is 6.58 Å². The summed E-state index contributed by atoms with van der Waals surface area (Å²) in [4.78, 5) is 1.34. The number of hydrogen-bond donors (Lipinski definition) is 0. The number of hydrogen-bond acceptors (Lipinski definition) is 3. The van der Waals surface area contributed by atoms with Gasteiger partial charge in [0.1, 0.15) is 0 Å². The minimum absolute atomic E-state index is 0.291. The summed E-state index contributed by atoms with van der Waals surface area (Å²) >= 11 is 1.49. The van der Waals surface area contributed by atoms with E-state index in [-0.39, 0.29) is 0 Å². The van der Waals surface area contributed by atoms with Crippen molar-refractivity contribution in [1.82, 2.24) is 0 Å². The molecule has 0 radical (unpaired) electrons. The average molecular weight is 270 g/mol. The van der Waals surface area contributed by atoms with Crippen LogP contribution in [-0.2, 0) is 9.84 Å². The van der Waals surface area contributed by atoms with Gasteiger partial charge in [0.25, 0.3) is 0 Å². The molecule has 0 atom stereocenters. The second-order valence-electron chi connectivity index (χ2n) is 4.76. The van der Waals surface area contributed by atoms with Gasteiger partial charge in [-0.2, -0.15) is 0 Å². The molecule has 0 aliphatic heterocycles. The maximum atomic E-state index is 12.1. The Morgan fingerprint density at radius 1 is 1.24 bits per heavy atom. The average Bonchev–Trinajstić information content (AvgIpc) is 2.25. The number of sulfone groups is 1. The van der Waals surface area contributed by atoms with E-state index in [0.717, 1.165) is 4.90 Å². The first kappa shape index (κ1) is 14.3. The highest BCUT2D eigenvalue weighted by atomic mass is 32.2. The molecule has 4 heteroatoms. The van der Waals surface area contributed by atoms with E-state index < -0.39 is 14.6 Å². The molecule has 17 heavy (non-hydrogen) atoms. The molecule has 0 aliphatic carbocycles. The molecule has 0 spiro atoms. The van der Waals surface area contributed by atoms with Crippen molar-refractivity contribution in [1.29, 1.82) is 0 Å². The van der Waals surface area contributed by atoms with Gasteiger partial charge in [0, 0.05) is 15.6 Å². The summed E-state index contributed by atoms with van der Waals surface area (Å²) in [6.07, 6.45) is 0. The Labute approximate surface area is 108 Å². The molecule has 0 aromatic heterocycles. The topological polar surface area (TPSA) is 34.1 Å². The smallest absolute Gasteiger partial charge is 0.179 e. The summed E-state index contributed by atoms with van der Waals surface area (Å²) in [5.41, 5.74) is 0. The largest absolute Gasteiger partial charge is 0.223 e. The van der Waals surface area contributed by atoms with Gasteiger partial charge in [-0.15, -0.1) is 11.8 Å². The minimum Gasteiger partial charge on any atom is -0.223 e. The lowest BCUT2D eigenvalue weighted by atomic mass is 10.3. The lowest BCUT2D eigenvalue weighted by molar-refractivity contribution is 0.567. The third-order valence-electron chi connectivity index (χ3n) is 2.33. The van der Waals surface area contributed by atoms with Crippen molar-refractivity contribution in [2.75, 3.05) is 5.75 Å². The molecule has 1 aromatic rings. The molecule has 0 saturated carbocycles. The zero-order valence-electron chi connectivity index (χ0n) is 10.4. The molecule has 0 saturated heterocycles. The first-order valence-corrected chi connectivity index (χ1v) is 7.82. The third kappa shape index (κ3) is 3.61. The van der Waals surface area contributed by atoms with Gasteiger partial charge in [0.2, 0.25) is 0 Å². The van der Waals surface area contributed by atoms with E-state index in [4.69, 9.17) is 0 Å². The van der Waals surface area contributed by atoms with Crippen LogP contribution in [0.2, 0.25) is 0 Å². The zero-order valence-corrected chi connectivity index (χ0v) is 12.1. The SMILES string of the molecule is C=C(CSc1ccccc1)S(=O)(=O)C(C)(C)C. The quantitative estimate of drug-likeness (QED) is 0.785. The normalized spacial score (nSPS) is 12.4. The molecular formula is C13H18O2S2. The highest BCUT2D eigenvalue weighted by molar-refractivity contribution is 8.02. The van der Waals surface area contributed by atoms with E-state index >= 15 is 0 Å². The van der Waals surface area contributed by atoms with Crippen molar-refractivity contribution in [2.24, 2.45) is 0 Å². The number of thioether (sulfide) groups is 1. The minimum atomic E-state index is -3.26. The maximum absolute atomic E-state index is 12.1. The van der Waals surface area contributed by atoms with Gasteiger partial charge in [0.05, 0.1) is 4.75 Å². The van der Waals surface area contributed by atoms with Crippen LogP contribution in [0.1, 0.15) is 20.8 Å². The van der Waals surface area contributed by atoms with E-state index in [1.165, 1.54) is 11.8 Å². The van der Waals surface area contributed by atoms with Crippen molar-refractivity contribution in [3.63, 3.8) is 0 Å². The zero-order chi connectivity index (χ0) is 13.1. The fourth-order valence-corrected chi connectivity index (χ4v) is 3.53. The highest BCUT2D eigenvalue weighted by Gasteiger charge is 2.31. The number of rotatable bonds is 4. The van der Waals surface area contributed by atoms with E-state index in [0.29, 0.717) is 10.7 Å². The van der Waals surface area contributed by atoms with Crippen molar-refractivity contribution in [3.8, 4) is 0 Å². The first-order chi connectivity index (χ1) is 7.75. The van der Waals surface area contributed by atoms with Crippen LogP contribution in [0, 0.1) is 0 Å². The second kappa shape index (κ2) is 5.27. The molecule has 0 N–H and O–H groups in total. The van der Waals surface area contributed by atoms with Crippen molar-refractivity contribution in [3.05, 3.63) is 41.8 Å². The molecule has 0 aliphatic rings. The Balaban J connectivity index is 2.69. The van der Waals surface area contributed by atoms with E-state index in [1.807, 2.05) is 30.3 Å². The maximum Gasteiger partial charge on any atom is 0.179 e. The molecule has 0 unspecified atom stereocenters. The van der Waals surface area contributed by atoms with E-state index in [9.17, 15) is 8.42 Å². The van der Waals surface area contributed by atoms with Crippen molar-refractivity contribution in [2.45, 2.75) is 30.4 Å². The fraction of sp³-hybridized carbons (Fsp3) is 0.385. The molecule has 1 aromatic carbocycles. The van der Waals surface area contributed by atoms with Crippen molar-refractivity contribution < 1.29 is 8.42 Å². The van der Waals surface area contributed by atoms with Gasteiger partial charge in [-0.1, -0.05) is 24.8 Å². The van der Waals surface area contributed by atoms with Crippen LogP contribution in [0.4, 0.5) is 0 Å². The summed E-state index contributed by atoms with van der Waals surface area (Å²) in [6.45, 7) is 8.78. The standard InChI is InChI=1S/C13H18O2S2/c1-11(17(14,15)13(2,3)4)10-16-12-8-6-5-7-9-12/h5-9H,1,10H2,2-4H3. The van der Waals surface area contributed by atoms with Gasteiger partial charge in [-0.05, 0) is 32.9 Å². The van der Waals surface area contributed by atoms with Crippen LogP contribution in [0.15, 0.2) is 46.7 Å². The van der Waals surface area contributed by atoms with Crippen LogP contribution in [0.5, 0.6) is 0 Å². The molecule has 1 rings (SSSR count). The molecular weight excluding hydrogens is 252 g/mol. The van der Waals surface area contributed by atoms with Crippen LogP contribution in [-0.4, -0.2) is 18.9 Å². The summed E-state index contributed by atoms with van der Waals surface area (Å²) < 4.78 is 23.3.